The van der Waals surface area contributed by atoms with Gasteiger partial charge in [-0.2, -0.15) is 5.10 Å². The molecule has 3 atom stereocenters. The number of nitrogens with one attached hydrogen (secondary N) is 2. The molecule has 1 amide bonds. The lowest BCUT2D eigenvalue weighted by molar-refractivity contribution is 0.00609. The third kappa shape index (κ3) is 3.77. The molecule has 1 aromatic rings. The molecule has 3 aliphatic heterocycles. The summed E-state index contributed by atoms with van der Waals surface area (Å²) in [6.07, 6.45) is 6.49. The highest BCUT2D eigenvalue weighted by Gasteiger charge is 2.63. The van der Waals surface area contributed by atoms with Gasteiger partial charge in [0.2, 0.25) is 10.0 Å². The topological polar surface area (TPSA) is 130 Å². The fourth-order valence-electron chi connectivity index (χ4n) is 6.66. The summed E-state index contributed by atoms with van der Waals surface area (Å²) < 4.78 is 40.6. The molecule has 5 aliphatic rings. The molecule has 39 heavy (non-hydrogen) atoms. The first-order valence-electron chi connectivity index (χ1n) is 13.1. The maximum absolute atomic E-state index is 12.7. The first-order chi connectivity index (χ1) is 18.3. The minimum atomic E-state index is -3.67. The highest BCUT2D eigenvalue weighted by Crippen LogP contribution is 2.62. The number of carbonyl (C=O) groups excluding carboxylic acids is 1. The number of sulfonamides is 1. The fraction of sp³-hybridized carbons (Fsp3) is 0.500. The number of aliphatic hydroxyl groups excluding tert-OH is 1. The predicted molar refractivity (Wildman–Crippen MR) is 146 cm³/mol. The summed E-state index contributed by atoms with van der Waals surface area (Å²) in [7, 11) is -3.67. The van der Waals surface area contributed by atoms with E-state index < -0.39 is 32.7 Å². The number of hydrogen-bond acceptors (Lipinski definition) is 8. The van der Waals surface area contributed by atoms with Crippen LogP contribution in [0.15, 0.2) is 52.3 Å². The molecule has 11 heteroatoms. The number of benzene rings is 1. The SMILES string of the molecule is CC1=CC=C2C(C)(C)C(=NN3CCOCC3)C(NS(C)(=O)=O)=CC23Oc2c(ccc4c2C(O)NC4=O)CC13C. The predicted octanol–water partition coefficient (Wildman–Crippen LogP) is 2.15. The maximum atomic E-state index is 12.7. The van der Waals surface area contributed by atoms with Crippen LogP contribution in [0.1, 0.15) is 55.4 Å². The first kappa shape index (κ1) is 26.1. The van der Waals surface area contributed by atoms with Gasteiger partial charge in [0.25, 0.3) is 5.91 Å². The van der Waals surface area contributed by atoms with Gasteiger partial charge in [0.15, 0.2) is 11.8 Å². The zero-order valence-corrected chi connectivity index (χ0v) is 23.6. The number of hydrogen-bond donors (Lipinski definition) is 3. The van der Waals surface area contributed by atoms with Crippen molar-refractivity contribution < 1.29 is 27.8 Å². The molecule has 1 aromatic carbocycles. The molecule has 3 unspecified atom stereocenters. The molecule has 10 nitrogen and oxygen atoms in total. The standard InChI is InChI=1S/C28H34N4O6S/c1-16-6-9-20-26(2,3)23(30-32-10-12-37-13-11-32)19(31-39(5,35)36)15-28(20)27(16,4)14-17-7-8-18-21(22(17)38-28)25(34)29-24(18)33/h6-9,15,25,31,34H,10-14H2,1-5H3,(H,29,33). The summed E-state index contributed by atoms with van der Waals surface area (Å²) in [6.45, 7) is 10.5. The van der Waals surface area contributed by atoms with Crippen LogP contribution in [-0.4, -0.2) is 68.3 Å². The summed E-state index contributed by atoms with van der Waals surface area (Å²) in [4.78, 5) is 12.5. The van der Waals surface area contributed by atoms with Crippen molar-refractivity contribution in [1.82, 2.24) is 15.0 Å². The van der Waals surface area contributed by atoms with Crippen molar-refractivity contribution in [3.63, 3.8) is 0 Å². The highest BCUT2D eigenvalue weighted by molar-refractivity contribution is 7.88. The summed E-state index contributed by atoms with van der Waals surface area (Å²) in [5, 5.41) is 20.2. The van der Waals surface area contributed by atoms with Gasteiger partial charge in [-0.3, -0.25) is 14.5 Å². The Morgan fingerprint density at radius 2 is 1.90 bits per heavy atom. The van der Waals surface area contributed by atoms with E-state index in [0.29, 0.717) is 61.0 Å². The van der Waals surface area contributed by atoms with E-state index in [2.05, 4.69) is 30.0 Å². The molecule has 2 aliphatic carbocycles. The maximum Gasteiger partial charge on any atom is 0.254 e. The molecule has 1 fully saturated rings. The third-order valence-electron chi connectivity index (χ3n) is 8.85. The Bertz CT molecular complexity index is 1520. The summed E-state index contributed by atoms with van der Waals surface area (Å²) in [5.74, 6) is 0.0971. The van der Waals surface area contributed by atoms with E-state index in [1.54, 1.807) is 6.07 Å². The number of fused-ring (bicyclic) bond motifs is 3. The lowest BCUT2D eigenvalue weighted by Crippen LogP contribution is -2.63. The van der Waals surface area contributed by atoms with E-state index in [1.165, 1.54) is 0 Å². The Balaban J connectivity index is 1.62. The molecular formula is C28H34N4O6S. The average molecular weight is 555 g/mol. The number of amides is 1. The van der Waals surface area contributed by atoms with E-state index in [0.717, 1.165) is 23.0 Å². The van der Waals surface area contributed by atoms with Gasteiger partial charge in [-0.1, -0.05) is 44.6 Å². The van der Waals surface area contributed by atoms with Gasteiger partial charge in [0.1, 0.15) is 5.75 Å². The van der Waals surface area contributed by atoms with Crippen molar-refractivity contribution in [2.75, 3.05) is 32.6 Å². The zero-order valence-electron chi connectivity index (χ0n) is 22.8. The number of ether oxygens (including phenoxy) is 2. The van der Waals surface area contributed by atoms with Crippen LogP contribution in [0.3, 0.4) is 0 Å². The highest BCUT2D eigenvalue weighted by atomic mass is 32.2. The second-order valence-electron chi connectivity index (χ2n) is 11.7. The van der Waals surface area contributed by atoms with Crippen LogP contribution < -0.4 is 14.8 Å². The smallest absolute Gasteiger partial charge is 0.254 e. The monoisotopic (exact) mass is 554 g/mol. The van der Waals surface area contributed by atoms with E-state index >= 15 is 0 Å². The largest absolute Gasteiger partial charge is 0.477 e. The summed E-state index contributed by atoms with van der Waals surface area (Å²) in [5.41, 5.74) is 2.16. The molecule has 0 aromatic heterocycles. The summed E-state index contributed by atoms with van der Waals surface area (Å²) in [6, 6.07) is 3.61. The number of morpholine rings is 1. The number of aliphatic hydroxyl groups is 1. The lowest BCUT2D eigenvalue weighted by Gasteiger charge is -2.59. The molecule has 3 heterocycles. The van der Waals surface area contributed by atoms with Crippen LogP contribution in [0.5, 0.6) is 5.75 Å². The van der Waals surface area contributed by atoms with Crippen molar-refractivity contribution in [3.8, 4) is 5.75 Å². The van der Waals surface area contributed by atoms with Crippen molar-refractivity contribution in [3.05, 3.63) is 63.9 Å². The molecule has 1 spiro atoms. The Morgan fingerprint density at radius 1 is 1.18 bits per heavy atom. The van der Waals surface area contributed by atoms with E-state index in [1.807, 2.05) is 37.1 Å². The molecular weight excluding hydrogens is 520 g/mol. The van der Waals surface area contributed by atoms with E-state index in [4.69, 9.17) is 14.6 Å². The molecule has 208 valence electrons. The van der Waals surface area contributed by atoms with Crippen molar-refractivity contribution in [1.29, 1.82) is 0 Å². The fourth-order valence-corrected chi connectivity index (χ4v) is 7.22. The van der Waals surface area contributed by atoms with Crippen molar-refractivity contribution in [2.45, 2.75) is 45.9 Å². The Kier molecular flexibility index (Phi) is 5.64. The molecule has 0 bridgehead atoms. The number of allylic oxidation sites excluding steroid dienone is 3. The van der Waals surface area contributed by atoms with Gasteiger partial charge >= 0.3 is 0 Å². The minimum absolute atomic E-state index is 0.357. The zero-order chi connectivity index (χ0) is 28.0. The first-order valence-corrected chi connectivity index (χ1v) is 15.0. The number of carbonyl (C=O) groups is 1. The third-order valence-corrected chi connectivity index (χ3v) is 9.44. The van der Waals surface area contributed by atoms with Gasteiger partial charge in [0.05, 0.1) is 55.1 Å². The van der Waals surface area contributed by atoms with Gasteiger partial charge in [-0.25, -0.2) is 8.42 Å². The minimum Gasteiger partial charge on any atom is -0.477 e. The quantitative estimate of drug-likeness (QED) is 0.522. The van der Waals surface area contributed by atoms with Crippen LogP contribution in [0.4, 0.5) is 0 Å². The van der Waals surface area contributed by atoms with Crippen molar-refractivity contribution in [2.24, 2.45) is 15.9 Å². The van der Waals surface area contributed by atoms with Crippen molar-refractivity contribution >= 4 is 21.6 Å². The molecule has 0 saturated carbocycles. The molecule has 0 radical (unpaired) electrons. The Morgan fingerprint density at radius 3 is 2.59 bits per heavy atom. The number of rotatable bonds is 3. The summed E-state index contributed by atoms with van der Waals surface area (Å²) >= 11 is 0. The van der Waals surface area contributed by atoms with Gasteiger partial charge in [-0.15, -0.1) is 0 Å². The lowest BCUT2D eigenvalue weighted by atomic mass is 9.51. The van der Waals surface area contributed by atoms with Gasteiger partial charge < -0.3 is 19.9 Å². The van der Waals surface area contributed by atoms with Crippen LogP contribution in [0.2, 0.25) is 0 Å². The molecule has 1 saturated heterocycles. The Hall–Kier alpha value is -3.15. The Labute approximate surface area is 228 Å². The number of hydrazone groups is 1. The second-order valence-corrected chi connectivity index (χ2v) is 13.5. The van der Waals surface area contributed by atoms with Crippen LogP contribution >= 0.6 is 0 Å². The average Bonchev–Trinajstić information content (AvgIpc) is 3.14. The van der Waals surface area contributed by atoms with E-state index in [9.17, 15) is 18.3 Å². The van der Waals surface area contributed by atoms with E-state index in [-0.39, 0.29) is 5.91 Å². The van der Waals surface area contributed by atoms with Crippen LogP contribution in [0.25, 0.3) is 0 Å². The van der Waals surface area contributed by atoms with Gasteiger partial charge in [-0.05, 0) is 36.6 Å². The second kappa shape index (κ2) is 8.42. The number of nitrogens with zero attached hydrogens (tertiary/aromatic N) is 2. The molecule has 6 rings (SSSR count). The molecule has 3 N–H and O–H groups in total. The van der Waals surface area contributed by atoms with Crippen LogP contribution in [0, 0.1) is 10.8 Å². The normalized spacial score (nSPS) is 32.0. The van der Waals surface area contributed by atoms with Crippen LogP contribution in [-0.2, 0) is 21.2 Å². The van der Waals surface area contributed by atoms with Gasteiger partial charge in [0, 0.05) is 10.8 Å².